The summed E-state index contributed by atoms with van der Waals surface area (Å²) < 4.78 is 17.0. The smallest absolute Gasteiger partial charge is 0.333 e. The number of nitrogens with one attached hydrogen (secondary N) is 1. The zero-order chi connectivity index (χ0) is 23.9. The van der Waals surface area contributed by atoms with E-state index < -0.39 is 18.2 Å². The Kier molecular flexibility index (Phi) is 7.37. The van der Waals surface area contributed by atoms with Crippen LogP contribution in [-0.2, 0) is 14.3 Å². The Balaban J connectivity index is 1.47. The fraction of sp³-hybridized carbons (Fsp3) is 0.185. The van der Waals surface area contributed by atoms with Gasteiger partial charge in [0, 0.05) is 18.8 Å². The first-order valence-electron chi connectivity index (χ1n) is 11.1. The summed E-state index contributed by atoms with van der Waals surface area (Å²) in [5.74, 6) is 0.887. The maximum atomic E-state index is 12.9. The Morgan fingerprint density at radius 2 is 1.44 bits per heavy atom. The first-order chi connectivity index (χ1) is 16.6. The SMILES string of the molecule is CCOC(OCC)c1ccc(/C=C2/NC(=O)N(c3ccc(Oc4ccccc4)cc3)C2=O)cc1. The molecule has 0 radical (unpaired) electrons. The first kappa shape index (κ1) is 23.2. The standard InChI is InChI=1S/C27H26N2O5/c1-3-32-26(33-4-2)20-12-10-19(11-13-20)18-24-25(30)29(27(31)28-24)21-14-16-23(17-15-21)34-22-8-6-5-7-9-22/h5-18,26H,3-4H2,1-2H3,(H,28,31)/b24-18+. The molecule has 34 heavy (non-hydrogen) atoms. The summed E-state index contributed by atoms with van der Waals surface area (Å²) in [6.45, 7) is 4.89. The minimum Gasteiger partial charge on any atom is -0.457 e. The molecule has 0 saturated carbocycles. The van der Waals surface area contributed by atoms with Gasteiger partial charge < -0.3 is 19.5 Å². The molecule has 0 aliphatic carbocycles. The average molecular weight is 459 g/mol. The third kappa shape index (κ3) is 5.33. The van der Waals surface area contributed by atoms with Crippen LogP contribution in [0.4, 0.5) is 10.5 Å². The molecule has 0 atom stereocenters. The van der Waals surface area contributed by atoms with Crippen LogP contribution in [0, 0.1) is 0 Å². The lowest BCUT2D eigenvalue weighted by Crippen LogP contribution is -2.30. The van der Waals surface area contributed by atoms with Crippen molar-refractivity contribution in [3.8, 4) is 11.5 Å². The molecular weight excluding hydrogens is 432 g/mol. The molecule has 174 valence electrons. The van der Waals surface area contributed by atoms with Gasteiger partial charge in [-0.1, -0.05) is 42.5 Å². The second kappa shape index (κ2) is 10.8. The molecule has 1 saturated heterocycles. The maximum Gasteiger partial charge on any atom is 0.333 e. The van der Waals surface area contributed by atoms with Crippen LogP contribution in [0.25, 0.3) is 6.08 Å². The lowest BCUT2D eigenvalue weighted by Gasteiger charge is -2.17. The summed E-state index contributed by atoms with van der Waals surface area (Å²) in [5.41, 5.74) is 2.31. The molecule has 1 aliphatic heterocycles. The molecule has 0 spiro atoms. The van der Waals surface area contributed by atoms with Crippen molar-refractivity contribution in [1.82, 2.24) is 5.32 Å². The largest absolute Gasteiger partial charge is 0.457 e. The Morgan fingerprint density at radius 3 is 2.06 bits per heavy atom. The summed E-state index contributed by atoms with van der Waals surface area (Å²) >= 11 is 0. The van der Waals surface area contributed by atoms with E-state index in [0.717, 1.165) is 16.0 Å². The Bertz CT molecular complexity index is 1150. The summed E-state index contributed by atoms with van der Waals surface area (Å²) in [6.07, 6.45) is 1.21. The number of urea groups is 1. The van der Waals surface area contributed by atoms with Crippen LogP contribution in [0.2, 0.25) is 0 Å². The van der Waals surface area contributed by atoms with E-state index in [1.807, 2.05) is 68.4 Å². The van der Waals surface area contributed by atoms with Crippen LogP contribution in [0.3, 0.4) is 0 Å². The number of amides is 3. The quantitative estimate of drug-likeness (QED) is 0.255. The molecule has 4 rings (SSSR count). The van der Waals surface area contributed by atoms with Crippen molar-refractivity contribution in [2.75, 3.05) is 18.1 Å². The fourth-order valence-corrected chi connectivity index (χ4v) is 3.52. The molecule has 0 bridgehead atoms. The Labute approximate surface area is 198 Å². The number of carbonyl (C=O) groups is 2. The van der Waals surface area contributed by atoms with Gasteiger partial charge in [0.15, 0.2) is 6.29 Å². The van der Waals surface area contributed by atoms with E-state index in [9.17, 15) is 9.59 Å². The van der Waals surface area contributed by atoms with Gasteiger partial charge in [-0.2, -0.15) is 0 Å². The van der Waals surface area contributed by atoms with Crippen LogP contribution in [0.5, 0.6) is 11.5 Å². The molecule has 1 aliphatic rings. The number of anilines is 1. The van der Waals surface area contributed by atoms with Gasteiger partial charge in [-0.05, 0) is 61.9 Å². The highest BCUT2D eigenvalue weighted by Gasteiger charge is 2.34. The number of para-hydroxylation sites is 1. The topological polar surface area (TPSA) is 77.1 Å². The zero-order valence-corrected chi connectivity index (χ0v) is 19.1. The van der Waals surface area contributed by atoms with E-state index in [1.54, 1.807) is 30.3 Å². The van der Waals surface area contributed by atoms with Crippen LogP contribution in [0.15, 0.2) is 84.6 Å². The van der Waals surface area contributed by atoms with Crippen molar-refractivity contribution < 1.29 is 23.8 Å². The van der Waals surface area contributed by atoms with Gasteiger partial charge in [0.2, 0.25) is 0 Å². The van der Waals surface area contributed by atoms with E-state index in [4.69, 9.17) is 14.2 Å². The number of ether oxygens (including phenoxy) is 3. The van der Waals surface area contributed by atoms with Gasteiger partial charge in [-0.3, -0.25) is 4.79 Å². The van der Waals surface area contributed by atoms with Gasteiger partial charge in [0.05, 0.1) is 5.69 Å². The summed E-state index contributed by atoms with van der Waals surface area (Å²) in [7, 11) is 0. The normalized spacial score (nSPS) is 14.7. The van der Waals surface area contributed by atoms with Gasteiger partial charge in [-0.25, -0.2) is 9.69 Å². The second-order valence-corrected chi connectivity index (χ2v) is 7.45. The van der Waals surface area contributed by atoms with E-state index in [0.29, 0.717) is 30.4 Å². The maximum absolute atomic E-state index is 12.9. The lowest BCUT2D eigenvalue weighted by molar-refractivity contribution is -0.140. The van der Waals surface area contributed by atoms with Crippen molar-refractivity contribution in [1.29, 1.82) is 0 Å². The van der Waals surface area contributed by atoms with Crippen molar-refractivity contribution in [2.45, 2.75) is 20.1 Å². The van der Waals surface area contributed by atoms with Crippen LogP contribution in [-0.4, -0.2) is 25.2 Å². The third-order valence-electron chi connectivity index (χ3n) is 5.11. The molecule has 3 amide bonds. The van der Waals surface area contributed by atoms with Gasteiger partial charge in [0.1, 0.15) is 17.2 Å². The van der Waals surface area contributed by atoms with Crippen LogP contribution < -0.4 is 15.0 Å². The van der Waals surface area contributed by atoms with Gasteiger partial charge in [0.25, 0.3) is 5.91 Å². The Hall–Kier alpha value is -3.94. The van der Waals surface area contributed by atoms with Crippen molar-refractivity contribution >= 4 is 23.7 Å². The lowest BCUT2D eigenvalue weighted by atomic mass is 10.1. The van der Waals surface area contributed by atoms with Crippen molar-refractivity contribution in [2.24, 2.45) is 0 Å². The molecule has 7 heteroatoms. The highest BCUT2D eigenvalue weighted by molar-refractivity contribution is 6.28. The number of rotatable bonds is 9. The minimum absolute atomic E-state index is 0.202. The first-order valence-corrected chi connectivity index (χ1v) is 11.1. The van der Waals surface area contributed by atoms with Gasteiger partial charge in [-0.15, -0.1) is 0 Å². The molecule has 1 N–H and O–H groups in total. The highest BCUT2D eigenvalue weighted by atomic mass is 16.7. The third-order valence-corrected chi connectivity index (χ3v) is 5.11. The van der Waals surface area contributed by atoms with E-state index in [2.05, 4.69) is 5.32 Å². The molecule has 1 heterocycles. The molecule has 3 aromatic carbocycles. The number of imide groups is 1. The number of hydrogen-bond donors (Lipinski definition) is 1. The monoisotopic (exact) mass is 458 g/mol. The fourth-order valence-electron chi connectivity index (χ4n) is 3.52. The predicted octanol–water partition coefficient (Wildman–Crippen LogP) is 5.65. The second-order valence-electron chi connectivity index (χ2n) is 7.45. The summed E-state index contributed by atoms with van der Waals surface area (Å²) in [6, 6.07) is 23.1. The van der Waals surface area contributed by atoms with Crippen LogP contribution in [0.1, 0.15) is 31.3 Å². The van der Waals surface area contributed by atoms with Crippen molar-refractivity contribution in [3.63, 3.8) is 0 Å². The number of hydrogen-bond acceptors (Lipinski definition) is 5. The number of benzene rings is 3. The molecule has 0 aromatic heterocycles. The Morgan fingerprint density at radius 1 is 0.824 bits per heavy atom. The molecule has 3 aromatic rings. The molecule has 0 unspecified atom stereocenters. The number of nitrogens with zero attached hydrogens (tertiary/aromatic N) is 1. The summed E-state index contributed by atoms with van der Waals surface area (Å²) in [4.78, 5) is 26.6. The van der Waals surface area contributed by atoms with Crippen LogP contribution >= 0.6 is 0 Å². The van der Waals surface area contributed by atoms with E-state index >= 15 is 0 Å². The molecule has 1 fully saturated rings. The average Bonchev–Trinajstić information content (AvgIpc) is 3.13. The molecular formula is C27H26N2O5. The summed E-state index contributed by atoms with van der Waals surface area (Å²) in [5, 5.41) is 2.65. The zero-order valence-electron chi connectivity index (χ0n) is 19.1. The number of carbonyl (C=O) groups excluding carboxylic acids is 2. The van der Waals surface area contributed by atoms with E-state index in [-0.39, 0.29) is 5.70 Å². The highest BCUT2D eigenvalue weighted by Crippen LogP contribution is 2.27. The van der Waals surface area contributed by atoms with Crippen molar-refractivity contribution in [3.05, 3.63) is 95.7 Å². The van der Waals surface area contributed by atoms with E-state index in [1.165, 1.54) is 0 Å². The predicted molar refractivity (Wildman–Crippen MR) is 129 cm³/mol. The molecule has 7 nitrogen and oxygen atoms in total. The van der Waals surface area contributed by atoms with Gasteiger partial charge >= 0.3 is 6.03 Å². The minimum atomic E-state index is -0.502.